The highest BCUT2D eigenvalue weighted by Gasteiger charge is 2.30. The van der Waals surface area contributed by atoms with Crippen molar-refractivity contribution in [2.24, 2.45) is 0 Å². The third kappa shape index (κ3) is 7.14. The molecule has 212 valence electrons. The number of nitrogens with one attached hydrogen (secondary N) is 2. The molecule has 2 fully saturated rings. The summed E-state index contributed by atoms with van der Waals surface area (Å²) >= 11 is 0. The third-order valence-corrected chi connectivity index (χ3v) is 8.03. The SMILES string of the molecule is CC(=O)N1CCN(c2ccc(N(C(=O)NCc3ccccc3)C3CCC(Nc4ccc(C#N)cn4)CC3)cc2)CC1. The van der Waals surface area contributed by atoms with Crippen LogP contribution in [0.3, 0.4) is 0 Å². The number of hydrogen-bond donors (Lipinski definition) is 2. The molecule has 0 unspecified atom stereocenters. The number of carbonyl (C=O) groups is 2. The second-order valence-corrected chi connectivity index (χ2v) is 10.7. The monoisotopic (exact) mass is 551 g/mol. The van der Waals surface area contributed by atoms with Gasteiger partial charge in [0.1, 0.15) is 11.9 Å². The maximum atomic E-state index is 13.7. The Hall–Kier alpha value is -4.58. The Balaban J connectivity index is 1.26. The molecule has 5 rings (SSSR count). The summed E-state index contributed by atoms with van der Waals surface area (Å²) in [6.07, 6.45) is 5.13. The molecule has 0 bridgehead atoms. The Labute approximate surface area is 241 Å². The number of piperazine rings is 1. The van der Waals surface area contributed by atoms with Crippen molar-refractivity contribution in [3.63, 3.8) is 0 Å². The van der Waals surface area contributed by atoms with Gasteiger partial charge in [0, 0.05) is 69.3 Å². The summed E-state index contributed by atoms with van der Waals surface area (Å²) in [5.41, 5.74) is 3.58. The molecule has 2 aromatic carbocycles. The van der Waals surface area contributed by atoms with Crippen molar-refractivity contribution in [1.29, 1.82) is 5.26 Å². The van der Waals surface area contributed by atoms with Gasteiger partial charge < -0.3 is 20.4 Å². The Bertz CT molecular complexity index is 1340. The van der Waals surface area contributed by atoms with Crippen LogP contribution in [0.25, 0.3) is 0 Å². The van der Waals surface area contributed by atoms with Crippen molar-refractivity contribution < 1.29 is 9.59 Å². The number of amides is 3. The molecule has 9 heteroatoms. The molecule has 2 aliphatic rings. The summed E-state index contributed by atoms with van der Waals surface area (Å²) in [6.45, 7) is 5.13. The molecule has 1 saturated heterocycles. The summed E-state index contributed by atoms with van der Waals surface area (Å²) in [4.78, 5) is 35.8. The smallest absolute Gasteiger partial charge is 0.322 e. The number of urea groups is 1. The van der Waals surface area contributed by atoms with Gasteiger partial charge in [0.15, 0.2) is 0 Å². The van der Waals surface area contributed by atoms with E-state index < -0.39 is 0 Å². The van der Waals surface area contributed by atoms with Gasteiger partial charge in [-0.05, 0) is 67.6 Å². The summed E-state index contributed by atoms with van der Waals surface area (Å²) in [6, 6.07) is 24.2. The molecule has 3 aromatic rings. The van der Waals surface area contributed by atoms with Gasteiger partial charge in [-0.1, -0.05) is 30.3 Å². The Morgan fingerprint density at radius 1 is 0.951 bits per heavy atom. The molecule has 1 saturated carbocycles. The highest BCUT2D eigenvalue weighted by atomic mass is 16.2. The van der Waals surface area contributed by atoms with Gasteiger partial charge in [-0.15, -0.1) is 0 Å². The quantitative estimate of drug-likeness (QED) is 0.439. The van der Waals surface area contributed by atoms with E-state index in [0.717, 1.165) is 74.6 Å². The van der Waals surface area contributed by atoms with Crippen molar-refractivity contribution in [3.05, 3.63) is 84.1 Å². The molecule has 0 radical (unpaired) electrons. The molecule has 41 heavy (non-hydrogen) atoms. The van der Waals surface area contributed by atoms with Gasteiger partial charge in [0.25, 0.3) is 0 Å². The van der Waals surface area contributed by atoms with E-state index in [4.69, 9.17) is 5.26 Å². The Morgan fingerprint density at radius 3 is 2.27 bits per heavy atom. The predicted molar refractivity (Wildman–Crippen MR) is 161 cm³/mol. The van der Waals surface area contributed by atoms with Crippen molar-refractivity contribution in [3.8, 4) is 6.07 Å². The van der Waals surface area contributed by atoms with Gasteiger partial charge in [0.2, 0.25) is 5.91 Å². The van der Waals surface area contributed by atoms with Crippen LogP contribution in [0.15, 0.2) is 72.9 Å². The van der Waals surface area contributed by atoms with E-state index in [1.165, 1.54) is 0 Å². The minimum atomic E-state index is -0.0955. The molecule has 9 nitrogen and oxygen atoms in total. The standard InChI is InChI=1S/C32H37N7O2/c1-24(40)37-17-19-38(20-18-37)28-12-14-30(15-13-28)39(32(41)35-22-25-5-3-2-4-6-25)29-10-8-27(9-11-29)36-31-16-7-26(21-33)23-34-31/h2-7,12-16,23,27,29H,8-11,17-20,22H2,1H3,(H,34,36)(H,35,41). The van der Waals surface area contributed by atoms with E-state index in [1.54, 1.807) is 19.2 Å². The average molecular weight is 552 g/mol. The molecule has 0 atom stereocenters. The maximum absolute atomic E-state index is 13.7. The summed E-state index contributed by atoms with van der Waals surface area (Å²) < 4.78 is 0. The van der Waals surface area contributed by atoms with Crippen LogP contribution in [0.5, 0.6) is 0 Å². The molecular formula is C32H37N7O2. The number of rotatable bonds is 7. The zero-order chi connectivity index (χ0) is 28.6. The number of anilines is 3. The van der Waals surface area contributed by atoms with Crippen molar-refractivity contribution in [2.75, 3.05) is 41.3 Å². The Morgan fingerprint density at radius 2 is 1.66 bits per heavy atom. The number of aromatic nitrogens is 1. The molecule has 1 aliphatic heterocycles. The van der Waals surface area contributed by atoms with Crippen LogP contribution in [-0.2, 0) is 11.3 Å². The molecule has 1 aliphatic carbocycles. The number of nitriles is 1. The zero-order valence-corrected chi connectivity index (χ0v) is 23.5. The molecule has 3 amide bonds. The highest BCUT2D eigenvalue weighted by Crippen LogP contribution is 2.31. The van der Waals surface area contributed by atoms with Crippen LogP contribution < -0.4 is 20.4 Å². The lowest BCUT2D eigenvalue weighted by atomic mass is 9.90. The van der Waals surface area contributed by atoms with Gasteiger partial charge in [-0.3, -0.25) is 9.69 Å². The van der Waals surface area contributed by atoms with Gasteiger partial charge >= 0.3 is 6.03 Å². The minimum Gasteiger partial charge on any atom is -0.368 e. The molecule has 2 N–H and O–H groups in total. The fourth-order valence-electron chi connectivity index (χ4n) is 5.69. The maximum Gasteiger partial charge on any atom is 0.322 e. The first-order valence-corrected chi connectivity index (χ1v) is 14.3. The van der Waals surface area contributed by atoms with E-state index in [9.17, 15) is 9.59 Å². The van der Waals surface area contributed by atoms with E-state index >= 15 is 0 Å². The molecule has 1 aromatic heterocycles. The highest BCUT2D eigenvalue weighted by molar-refractivity contribution is 5.92. The van der Waals surface area contributed by atoms with Gasteiger partial charge in [-0.2, -0.15) is 5.26 Å². The first-order valence-electron chi connectivity index (χ1n) is 14.3. The fraction of sp³-hybridized carbons (Fsp3) is 0.375. The largest absolute Gasteiger partial charge is 0.368 e. The zero-order valence-electron chi connectivity index (χ0n) is 23.5. The Kier molecular flexibility index (Phi) is 8.99. The van der Waals surface area contributed by atoms with Crippen LogP contribution >= 0.6 is 0 Å². The summed E-state index contributed by atoms with van der Waals surface area (Å²) in [5, 5.41) is 15.6. The fourth-order valence-corrected chi connectivity index (χ4v) is 5.69. The van der Waals surface area contributed by atoms with E-state index in [-0.39, 0.29) is 24.0 Å². The van der Waals surface area contributed by atoms with Gasteiger partial charge in [0.05, 0.1) is 5.56 Å². The second-order valence-electron chi connectivity index (χ2n) is 10.7. The number of hydrogen-bond acceptors (Lipinski definition) is 6. The average Bonchev–Trinajstić information content (AvgIpc) is 3.02. The number of benzene rings is 2. The first-order chi connectivity index (χ1) is 20.0. The predicted octanol–water partition coefficient (Wildman–Crippen LogP) is 4.76. The van der Waals surface area contributed by atoms with Crippen LogP contribution in [0.2, 0.25) is 0 Å². The van der Waals surface area contributed by atoms with Crippen LogP contribution in [0.4, 0.5) is 22.0 Å². The third-order valence-electron chi connectivity index (χ3n) is 8.03. The second kappa shape index (κ2) is 13.2. The summed E-state index contributed by atoms with van der Waals surface area (Å²) in [7, 11) is 0. The van der Waals surface area contributed by atoms with E-state index in [2.05, 4.69) is 38.7 Å². The summed E-state index contributed by atoms with van der Waals surface area (Å²) in [5.74, 6) is 0.889. The molecular weight excluding hydrogens is 514 g/mol. The number of nitrogens with zero attached hydrogens (tertiary/aromatic N) is 5. The van der Waals surface area contributed by atoms with E-state index in [1.807, 2.05) is 58.3 Å². The molecule has 0 spiro atoms. The van der Waals surface area contributed by atoms with Crippen molar-refractivity contribution in [2.45, 2.75) is 51.2 Å². The lowest BCUT2D eigenvalue weighted by Crippen LogP contribution is -2.49. The van der Waals surface area contributed by atoms with Crippen LogP contribution in [-0.4, -0.2) is 60.1 Å². The topological polar surface area (TPSA) is 105 Å². The van der Waals surface area contributed by atoms with Crippen molar-refractivity contribution in [1.82, 2.24) is 15.2 Å². The number of carbonyl (C=O) groups excluding carboxylic acids is 2. The van der Waals surface area contributed by atoms with E-state index in [0.29, 0.717) is 12.1 Å². The molecule has 2 heterocycles. The van der Waals surface area contributed by atoms with Crippen LogP contribution in [0.1, 0.15) is 43.7 Å². The van der Waals surface area contributed by atoms with Crippen molar-refractivity contribution >= 4 is 29.1 Å². The lowest BCUT2D eigenvalue weighted by molar-refractivity contribution is -0.129. The lowest BCUT2D eigenvalue weighted by Gasteiger charge is -2.38. The normalized spacial score (nSPS) is 18.7. The minimum absolute atomic E-state index is 0.0720. The van der Waals surface area contributed by atoms with Crippen LogP contribution in [0, 0.1) is 11.3 Å². The van der Waals surface area contributed by atoms with Gasteiger partial charge in [-0.25, -0.2) is 9.78 Å². The first kappa shape index (κ1) is 28.0. The number of pyridine rings is 1.